The van der Waals surface area contributed by atoms with Gasteiger partial charge in [-0.25, -0.2) is 4.98 Å². The summed E-state index contributed by atoms with van der Waals surface area (Å²) in [5, 5.41) is 6.71. The van der Waals surface area contributed by atoms with E-state index in [0.29, 0.717) is 12.0 Å². The van der Waals surface area contributed by atoms with Gasteiger partial charge in [-0.3, -0.25) is 0 Å². The second-order valence-corrected chi connectivity index (χ2v) is 4.96. The molecule has 0 saturated heterocycles. The number of nitrogens with zero attached hydrogens (tertiary/aromatic N) is 1. The molecule has 1 rings (SSSR count). The molecule has 0 amide bonds. The van der Waals surface area contributed by atoms with Gasteiger partial charge in [0.2, 0.25) is 0 Å². The van der Waals surface area contributed by atoms with E-state index in [9.17, 15) is 0 Å². The second-order valence-electron chi connectivity index (χ2n) is 4.07. The van der Waals surface area contributed by atoms with Crippen LogP contribution in [0.5, 0.6) is 0 Å². The average Bonchev–Trinajstić information content (AvgIpc) is 2.63. The smallest absolute Gasteiger partial charge is 0.0954 e. The van der Waals surface area contributed by atoms with E-state index < -0.39 is 0 Å². The molecule has 1 N–H and O–H groups in total. The summed E-state index contributed by atoms with van der Waals surface area (Å²) in [5.41, 5.74) is 1.13. The Kier molecular flexibility index (Phi) is 5.22. The van der Waals surface area contributed by atoms with Crippen LogP contribution in [-0.4, -0.2) is 24.7 Å². The average molecular weight is 228 g/mol. The second kappa shape index (κ2) is 6.20. The molecule has 15 heavy (non-hydrogen) atoms. The van der Waals surface area contributed by atoms with Crippen LogP contribution >= 0.6 is 11.3 Å². The van der Waals surface area contributed by atoms with Gasteiger partial charge in [-0.15, -0.1) is 11.3 Å². The summed E-state index contributed by atoms with van der Waals surface area (Å²) in [6, 6.07) is 0.374. The Hall–Kier alpha value is -0.450. The minimum atomic E-state index is 0.374. The van der Waals surface area contributed by atoms with Crippen LogP contribution in [0, 0.1) is 0 Å². The third-order valence-corrected chi connectivity index (χ3v) is 3.31. The zero-order chi connectivity index (χ0) is 11.3. The molecule has 1 aromatic heterocycles. The highest BCUT2D eigenvalue weighted by Crippen LogP contribution is 2.18. The molecule has 1 heterocycles. The third kappa shape index (κ3) is 4.28. The fourth-order valence-corrected chi connectivity index (χ4v) is 2.09. The van der Waals surface area contributed by atoms with Crippen LogP contribution in [0.3, 0.4) is 0 Å². The van der Waals surface area contributed by atoms with Crippen LogP contribution < -0.4 is 5.32 Å². The maximum atomic E-state index is 5.06. The molecule has 0 aliphatic heterocycles. The summed E-state index contributed by atoms with van der Waals surface area (Å²) in [4.78, 5) is 4.56. The van der Waals surface area contributed by atoms with Gasteiger partial charge < -0.3 is 10.1 Å². The summed E-state index contributed by atoms with van der Waals surface area (Å²) in [6.07, 6.45) is 0. The molecule has 0 aliphatic carbocycles. The molecule has 0 aliphatic rings. The number of hydrogen-bond donors (Lipinski definition) is 1. The van der Waals surface area contributed by atoms with Crippen LogP contribution in [0.2, 0.25) is 0 Å². The molecular weight excluding hydrogens is 208 g/mol. The molecule has 1 aromatic rings. The quantitative estimate of drug-likeness (QED) is 0.812. The Morgan fingerprint density at radius 2 is 2.20 bits per heavy atom. The van der Waals surface area contributed by atoms with E-state index in [-0.39, 0.29) is 0 Å². The van der Waals surface area contributed by atoms with Gasteiger partial charge in [0.25, 0.3) is 0 Å². The lowest BCUT2D eigenvalue weighted by atomic mass is 10.2. The van der Waals surface area contributed by atoms with Gasteiger partial charge >= 0.3 is 0 Å². The summed E-state index contributed by atoms with van der Waals surface area (Å²) in [7, 11) is 1.72. The van der Waals surface area contributed by atoms with Gasteiger partial charge in [0.05, 0.1) is 17.3 Å². The van der Waals surface area contributed by atoms with Crippen molar-refractivity contribution in [1.29, 1.82) is 0 Å². The fourth-order valence-electron chi connectivity index (χ4n) is 1.26. The lowest BCUT2D eigenvalue weighted by Gasteiger charge is -2.10. The van der Waals surface area contributed by atoms with Crippen molar-refractivity contribution in [3.05, 3.63) is 16.1 Å². The van der Waals surface area contributed by atoms with E-state index in [0.717, 1.165) is 18.8 Å². The number of methoxy groups -OCH3 is 1. The van der Waals surface area contributed by atoms with E-state index >= 15 is 0 Å². The van der Waals surface area contributed by atoms with Gasteiger partial charge in [0, 0.05) is 31.0 Å². The highest BCUT2D eigenvalue weighted by atomic mass is 32.1. The van der Waals surface area contributed by atoms with Crippen LogP contribution in [-0.2, 0) is 11.3 Å². The highest BCUT2D eigenvalue weighted by Gasteiger charge is 2.06. The molecule has 4 heteroatoms. The molecule has 0 fully saturated rings. The standard InChI is InChI=1S/C11H20N2OS/c1-8(2)11-13-10(7-15-11)5-12-9(3)6-14-4/h7-9,12H,5-6H2,1-4H3. The van der Waals surface area contributed by atoms with Crippen molar-refractivity contribution in [2.45, 2.75) is 39.3 Å². The van der Waals surface area contributed by atoms with E-state index in [1.807, 2.05) is 0 Å². The normalized spacial score (nSPS) is 13.4. The molecule has 0 radical (unpaired) electrons. The SMILES string of the molecule is COCC(C)NCc1csc(C(C)C)n1. The zero-order valence-electron chi connectivity index (χ0n) is 9.91. The number of aromatic nitrogens is 1. The topological polar surface area (TPSA) is 34.1 Å². The van der Waals surface area contributed by atoms with Crippen molar-refractivity contribution in [3.8, 4) is 0 Å². The first kappa shape index (κ1) is 12.6. The van der Waals surface area contributed by atoms with Gasteiger partial charge in [-0.05, 0) is 6.92 Å². The first-order valence-corrected chi connectivity index (χ1v) is 6.18. The number of rotatable bonds is 6. The summed E-state index contributed by atoms with van der Waals surface area (Å²) >= 11 is 1.74. The van der Waals surface area contributed by atoms with E-state index in [4.69, 9.17) is 4.74 Å². The van der Waals surface area contributed by atoms with Crippen LogP contribution in [0.4, 0.5) is 0 Å². The Bertz CT molecular complexity index is 286. The summed E-state index contributed by atoms with van der Waals surface area (Å²) in [5.74, 6) is 0.528. The van der Waals surface area contributed by atoms with Crippen molar-refractivity contribution in [2.24, 2.45) is 0 Å². The first-order chi connectivity index (χ1) is 7.13. The minimum absolute atomic E-state index is 0.374. The first-order valence-electron chi connectivity index (χ1n) is 5.30. The van der Waals surface area contributed by atoms with E-state index in [2.05, 4.69) is 36.5 Å². The molecular formula is C11H20N2OS. The Morgan fingerprint density at radius 3 is 2.73 bits per heavy atom. The highest BCUT2D eigenvalue weighted by molar-refractivity contribution is 7.09. The summed E-state index contributed by atoms with van der Waals surface area (Å²) in [6.45, 7) is 8.02. The monoisotopic (exact) mass is 228 g/mol. The largest absolute Gasteiger partial charge is 0.383 e. The minimum Gasteiger partial charge on any atom is -0.383 e. The van der Waals surface area contributed by atoms with Gasteiger partial charge in [-0.2, -0.15) is 0 Å². The van der Waals surface area contributed by atoms with E-state index in [1.54, 1.807) is 18.4 Å². The fraction of sp³-hybridized carbons (Fsp3) is 0.727. The zero-order valence-corrected chi connectivity index (χ0v) is 10.7. The lowest BCUT2D eigenvalue weighted by molar-refractivity contribution is 0.171. The number of nitrogens with one attached hydrogen (secondary N) is 1. The van der Waals surface area contributed by atoms with Crippen molar-refractivity contribution < 1.29 is 4.74 Å². The molecule has 0 spiro atoms. The number of ether oxygens (including phenoxy) is 1. The predicted octanol–water partition coefficient (Wildman–Crippen LogP) is 2.39. The molecule has 0 aromatic carbocycles. The van der Waals surface area contributed by atoms with Crippen LogP contribution in [0.1, 0.15) is 37.4 Å². The third-order valence-electron chi connectivity index (χ3n) is 2.11. The van der Waals surface area contributed by atoms with Crippen molar-refractivity contribution in [1.82, 2.24) is 10.3 Å². The molecule has 0 saturated carbocycles. The van der Waals surface area contributed by atoms with Gasteiger partial charge in [0.1, 0.15) is 0 Å². The number of thiazole rings is 1. The maximum absolute atomic E-state index is 5.06. The van der Waals surface area contributed by atoms with Crippen molar-refractivity contribution in [2.75, 3.05) is 13.7 Å². The molecule has 1 unspecified atom stereocenters. The van der Waals surface area contributed by atoms with Crippen molar-refractivity contribution in [3.63, 3.8) is 0 Å². The Labute approximate surface area is 95.9 Å². The molecule has 0 bridgehead atoms. The summed E-state index contributed by atoms with van der Waals surface area (Å²) < 4.78 is 5.06. The van der Waals surface area contributed by atoms with E-state index in [1.165, 1.54) is 5.01 Å². The molecule has 3 nitrogen and oxygen atoms in total. The molecule has 86 valence electrons. The van der Waals surface area contributed by atoms with Crippen molar-refractivity contribution >= 4 is 11.3 Å². The van der Waals surface area contributed by atoms with Gasteiger partial charge in [0.15, 0.2) is 0 Å². The van der Waals surface area contributed by atoms with Crippen LogP contribution in [0.15, 0.2) is 5.38 Å². The molecule has 1 atom stereocenters. The predicted molar refractivity (Wildman–Crippen MR) is 64.4 cm³/mol. The van der Waals surface area contributed by atoms with Crippen LogP contribution in [0.25, 0.3) is 0 Å². The van der Waals surface area contributed by atoms with Gasteiger partial charge in [-0.1, -0.05) is 13.8 Å². The number of hydrogen-bond acceptors (Lipinski definition) is 4. The Balaban J connectivity index is 2.37. The maximum Gasteiger partial charge on any atom is 0.0954 e. The Morgan fingerprint density at radius 1 is 1.47 bits per heavy atom. The lowest BCUT2D eigenvalue weighted by Crippen LogP contribution is -2.29.